The molecule has 70 valence electrons. The van der Waals surface area contributed by atoms with E-state index in [1.54, 1.807) is 12.1 Å². The third kappa shape index (κ3) is 2.53. The van der Waals surface area contributed by atoms with Crippen LogP contribution in [0.15, 0.2) is 24.3 Å². The Kier molecular flexibility index (Phi) is 2.72. The van der Waals surface area contributed by atoms with Gasteiger partial charge in [-0.25, -0.2) is 0 Å². The van der Waals surface area contributed by atoms with E-state index in [1.807, 2.05) is 12.1 Å². The topological polar surface area (TPSA) is 40.1 Å². The van der Waals surface area contributed by atoms with Crippen LogP contribution in [0.3, 0.4) is 0 Å². The van der Waals surface area contributed by atoms with Crippen molar-refractivity contribution in [3.63, 3.8) is 0 Å². The standard InChI is InChI=1S/C10H13O2P/c1-13(2,3)9-6-4-8(5-7-9)10(11)12/h4-7H,1-3H3. The number of hydrogen-bond acceptors (Lipinski definition) is 2. The second-order valence-electron chi connectivity index (χ2n) is 3.85. The molecule has 0 radical (unpaired) electrons. The number of benzene rings is 1. The lowest BCUT2D eigenvalue weighted by Gasteiger charge is -2.12. The third-order valence-electron chi connectivity index (χ3n) is 1.88. The fourth-order valence-electron chi connectivity index (χ4n) is 1.04. The summed E-state index contributed by atoms with van der Waals surface area (Å²) in [5, 5.41) is 11.7. The Balaban J connectivity index is 3.01. The maximum absolute atomic E-state index is 10.5. The van der Waals surface area contributed by atoms with Crippen LogP contribution in [0.4, 0.5) is 0 Å². The highest BCUT2D eigenvalue weighted by atomic mass is 31.2. The molecule has 1 aromatic rings. The number of aromatic carboxylic acids is 1. The Morgan fingerprint density at radius 2 is 1.62 bits per heavy atom. The summed E-state index contributed by atoms with van der Waals surface area (Å²) in [6, 6.07) is 6.96. The summed E-state index contributed by atoms with van der Waals surface area (Å²) in [5.41, 5.74) is 0.247. The first-order chi connectivity index (χ1) is 5.91. The van der Waals surface area contributed by atoms with Gasteiger partial charge in [0.1, 0.15) is 0 Å². The number of carbonyl (C=O) groups is 1. The molecule has 0 aliphatic heterocycles. The Morgan fingerprint density at radius 3 is 1.92 bits per heavy atom. The molecule has 0 unspecified atom stereocenters. The second-order valence-corrected chi connectivity index (χ2v) is 8.39. The Labute approximate surface area is 78.9 Å². The van der Waals surface area contributed by atoms with Crippen LogP contribution in [0.2, 0.25) is 0 Å². The molecule has 0 aliphatic rings. The van der Waals surface area contributed by atoms with E-state index in [0.717, 1.165) is 0 Å². The summed E-state index contributed by atoms with van der Waals surface area (Å²) in [6.07, 6.45) is 0. The normalized spacial score (nSPS) is 11.3. The van der Waals surface area contributed by atoms with Crippen LogP contribution in [0, 0.1) is 0 Å². The maximum atomic E-state index is 10.5. The first-order valence-electron chi connectivity index (χ1n) is 4.04. The predicted octanol–water partition coefficient (Wildman–Crippen LogP) is 0.582. The maximum Gasteiger partial charge on any atom is 0.0931 e. The molecule has 2 nitrogen and oxygen atoms in total. The van der Waals surface area contributed by atoms with E-state index in [4.69, 9.17) is 0 Å². The van der Waals surface area contributed by atoms with Gasteiger partial charge in [0.2, 0.25) is 0 Å². The SMILES string of the molecule is C[P+](C)(C)c1ccc(C(=O)[O-])cc1. The second kappa shape index (κ2) is 3.47. The van der Waals surface area contributed by atoms with Crippen molar-refractivity contribution < 1.29 is 9.90 Å². The fourth-order valence-corrected chi connectivity index (χ4v) is 2.09. The molecular formula is C10H13O2P. The van der Waals surface area contributed by atoms with E-state index in [1.165, 1.54) is 5.30 Å². The van der Waals surface area contributed by atoms with E-state index >= 15 is 0 Å². The largest absolute Gasteiger partial charge is 0.545 e. The van der Waals surface area contributed by atoms with Gasteiger partial charge in [0, 0.05) is 7.26 Å². The number of carbonyl (C=O) groups excluding carboxylic acids is 1. The lowest BCUT2D eigenvalue weighted by molar-refractivity contribution is -0.255. The number of carboxylic acids is 1. The highest BCUT2D eigenvalue weighted by Crippen LogP contribution is 2.44. The molecule has 3 heteroatoms. The average molecular weight is 196 g/mol. The number of hydrogen-bond donors (Lipinski definition) is 0. The van der Waals surface area contributed by atoms with Crippen molar-refractivity contribution in [2.24, 2.45) is 0 Å². The smallest absolute Gasteiger partial charge is 0.0931 e. The van der Waals surface area contributed by atoms with Gasteiger partial charge in [0.05, 0.1) is 31.3 Å². The van der Waals surface area contributed by atoms with Crippen molar-refractivity contribution in [3.05, 3.63) is 29.8 Å². The van der Waals surface area contributed by atoms with Crippen LogP contribution in [-0.2, 0) is 0 Å². The first kappa shape index (κ1) is 10.2. The number of rotatable bonds is 2. The van der Waals surface area contributed by atoms with Crippen LogP contribution in [0.1, 0.15) is 10.4 Å². The number of carboxylic acid groups (broad SMARTS) is 1. The molecule has 0 fully saturated rings. The van der Waals surface area contributed by atoms with Crippen LogP contribution < -0.4 is 10.4 Å². The van der Waals surface area contributed by atoms with Crippen LogP contribution in [-0.4, -0.2) is 26.0 Å². The average Bonchev–Trinajstić information content (AvgIpc) is 2.03. The fraction of sp³-hybridized carbons (Fsp3) is 0.300. The monoisotopic (exact) mass is 196 g/mol. The Morgan fingerprint density at radius 1 is 1.15 bits per heavy atom. The van der Waals surface area contributed by atoms with Gasteiger partial charge in [0.25, 0.3) is 0 Å². The lowest BCUT2D eigenvalue weighted by Crippen LogP contribution is -2.22. The molecule has 0 spiro atoms. The Hall–Kier alpha value is -0.880. The van der Waals surface area contributed by atoms with Crippen LogP contribution in [0.5, 0.6) is 0 Å². The van der Waals surface area contributed by atoms with Gasteiger partial charge >= 0.3 is 0 Å². The van der Waals surface area contributed by atoms with E-state index in [9.17, 15) is 9.90 Å². The third-order valence-corrected chi connectivity index (χ3v) is 3.72. The van der Waals surface area contributed by atoms with Crippen LogP contribution >= 0.6 is 7.26 Å². The van der Waals surface area contributed by atoms with Gasteiger partial charge < -0.3 is 9.90 Å². The van der Waals surface area contributed by atoms with Gasteiger partial charge in [-0.15, -0.1) is 0 Å². The summed E-state index contributed by atoms with van der Waals surface area (Å²) in [7, 11) is -1.03. The minimum atomic E-state index is -1.11. The van der Waals surface area contributed by atoms with Crippen molar-refractivity contribution in [1.82, 2.24) is 0 Å². The Bertz CT molecular complexity index is 309. The molecule has 0 bridgehead atoms. The molecule has 0 aromatic heterocycles. The zero-order chi connectivity index (χ0) is 10.1. The lowest BCUT2D eigenvalue weighted by atomic mass is 10.2. The van der Waals surface area contributed by atoms with E-state index < -0.39 is 13.2 Å². The molecule has 0 saturated heterocycles. The molecular weight excluding hydrogens is 183 g/mol. The van der Waals surface area contributed by atoms with Crippen molar-refractivity contribution in [1.29, 1.82) is 0 Å². The highest BCUT2D eigenvalue weighted by molar-refractivity contribution is 7.80. The molecule has 0 amide bonds. The summed E-state index contributed by atoms with van der Waals surface area (Å²) in [5.74, 6) is -1.11. The van der Waals surface area contributed by atoms with Gasteiger partial charge in [-0.3, -0.25) is 0 Å². The molecule has 0 heterocycles. The molecule has 0 atom stereocenters. The zero-order valence-electron chi connectivity index (χ0n) is 8.07. The molecule has 1 rings (SSSR count). The predicted molar refractivity (Wildman–Crippen MR) is 55.1 cm³/mol. The highest BCUT2D eigenvalue weighted by Gasteiger charge is 2.20. The first-order valence-corrected chi connectivity index (χ1v) is 7.18. The van der Waals surface area contributed by atoms with E-state index in [-0.39, 0.29) is 5.56 Å². The van der Waals surface area contributed by atoms with Crippen molar-refractivity contribution in [2.75, 3.05) is 20.0 Å². The molecule has 0 saturated carbocycles. The zero-order valence-corrected chi connectivity index (χ0v) is 8.97. The van der Waals surface area contributed by atoms with Crippen molar-refractivity contribution >= 4 is 18.5 Å². The van der Waals surface area contributed by atoms with Gasteiger partial charge in [0.15, 0.2) is 0 Å². The van der Waals surface area contributed by atoms with Crippen molar-refractivity contribution in [3.8, 4) is 0 Å². The molecule has 0 N–H and O–H groups in total. The van der Waals surface area contributed by atoms with Gasteiger partial charge in [-0.2, -0.15) is 0 Å². The van der Waals surface area contributed by atoms with E-state index in [2.05, 4.69) is 20.0 Å². The van der Waals surface area contributed by atoms with E-state index in [0.29, 0.717) is 0 Å². The minimum absolute atomic E-state index is 0.247. The summed E-state index contributed by atoms with van der Waals surface area (Å²) in [6.45, 7) is 6.59. The molecule has 0 aliphatic carbocycles. The minimum Gasteiger partial charge on any atom is -0.545 e. The van der Waals surface area contributed by atoms with Crippen molar-refractivity contribution in [2.45, 2.75) is 0 Å². The quantitative estimate of drug-likeness (QED) is 0.649. The van der Waals surface area contributed by atoms with Gasteiger partial charge in [-0.05, 0) is 29.8 Å². The van der Waals surface area contributed by atoms with Crippen LogP contribution in [0.25, 0.3) is 0 Å². The van der Waals surface area contributed by atoms with Gasteiger partial charge in [-0.1, -0.05) is 0 Å². The molecule has 13 heavy (non-hydrogen) atoms. The summed E-state index contributed by atoms with van der Waals surface area (Å²) in [4.78, 5) is 10.5. The molecule has 1 aromatic carbocycles. The summed E-state index contributed by atoms with van der Waals surface area (Å²) < 4.78 is 0. The summed E-state index contributed by atoms with van der Waals surface area (Å²) >= 11 is 0.